The number of alkyl halides is 1. The number of hydrogen-bond acceptors (Lipinski definition) is 6. The first-order valence-electron chi connectivity index (χ1n) is 6.36. The zero-order chi connectivity index (χ0) is 14.9. The molecule has 0 bridgehead atoms. The predicted molar refractivity (Wildman–Crippen MR) is 77.0 cm³/mol. The van der Waals surface area contributed by atoms with E-state index in [4.69, 9.17) is 9.47 Å². The molecule has 0 aromatic rings. The molecule has 1 aliphatic heterocycles. The van der Waals surface area contributed by atoms with Crippen molar-refractivity contribution < 1.29 is 29.3 Å². The van der Waals surface area contributed by atoms with Gasteiger partial charge in [0.1, 0.15) is 0 Å². The highest BCUT2D eigenvalue weighted by atomic mass is 127. The summed E-state index contributed by atoms with van der Waals surface area (Å²) in [6.07, 6.45) is 1.38. The lowest BCUT2D eigenvalue weighted by molar-refractivity contribution is -0.159. The molecule has 1 saturated heterocycles. The molecule has 0 aromatic carbocycles. The van der Waals surface area contributed by atoms with Crippen molar-refractivity contribution in [3.8, 4) is 0 Å². The Balaban J connectivity index is 2.32. The van der Waals surface area contributed by atoms with Crippen LogP contribution in [0.1, 0.15) is 0 Å². The third-order valence-electron chi connectivity index (χ3n) is 3.95. The highest BCUT2D eigenvalue weighted by Gasteiger charge is 2.52. The van der Waals surface area contributed by atoms with E-state index < -0.39 is 41.9 Å². The summed E-state index contributed by atoms with van der Waals surface area (Å²) in [5, 5.41) is 20.0. The average molecular weight is 396 g/mol. The van der Waals surface area contributed by atoms with E-state index in [1.807, 2.05) is 22.6 Å². The van der Waals surface area contributed by atoms with Gasteiger partial charge >= 0.3 is 11.9 Å². The summed E-state index contributed by atoms with van der Waals surface area (Å²) < 4.78 is 10.1. The number of rotatable bonds is 4. The maximum Gasteiger partial charge on any atom is 0.310 e. The van der Waals surface area contributed by atoms with Crippen LogP contribution in [0, 0.1) is 23.7 Å². The Bertz CT molecular complexity index is 423. The second-order valence-corrected chi connectivity index (χ2v) is 5.92. The van der Waals surface area contributed by atoms with Crippen LogP contribution in [-0.2, 0) is 19.1 Å². The van der Waals surface area contributed by atoms with E-state index in [0.717, 1.165) is 0 Å². The SMILES string of the molecule is COC(=O)[C@H]1C([C@H](O)[C@@H](O)CI)C=C[C@@H]2COC(=O)[C@H]21. The number of carbonyl (C=O) groups is 2. The van der Waals surface area contributed by atoms with Gasteiger partial charge in [-0.15, -0.1) is 0 Å². The zero-order valence-corrected chi connectivity index (χ0v) is 13.1. The molecule has 20 heavy (non-hydrogen) atoms. The Morgan fingerprint density at radius 2 is 2.25 bits per heavy atom. The van der Waals surface area contributed by atoms with E-state index in [-0.39, 0.29) is 12.5 Å². The van der Waals surface area contributed by atoms with Gasteiger partial charge < -0.3 is 19.7 Å². The highest BCUT2D eigenvalue weighted by Crippen LogP contribution is 2.41. The third kappa shape index (κ3) is 2.71. The Hall–Kier alpha value is -0.670. The lowest BCUT2D eigenvalue weighted by atomic mass is 9.69. The molecule has 112 valence electrons. The zero-order valence-electron chi connectivity index (χ0n) is 10.9. The minimum atomic E-state index is -1.12. The summed E-state index contributed by atoms with van der Waals surface area (Å²) in [7, 11) is 1.24. The van der Waals surface area contributed by atoms with Gasteiger partial charge in [0, 0.05) is 16.3 Å². The van der Waals surface area contributed by atoms with E-state index in [9.17, 15) is 19.8 Å². The molecule has 6 nitrogen and oxygen atoms in total. The molecule has 0 saturated carbocycles. The van der Waals surface area contributed by atoms with Gasteiger partial charge in [-0.05, 0) is 0 Å². The summed E-state index contributed by atoms with van der Waals surface area (Å²) >= 11 is 1.95. The quantitative estimate of drug-likeness (QED) is 0.299. The largest absolute Gasteiger partial charge is 0.469 e. The van der Waals surface area contributed by atoms with Crippen molar-refractivity contribution in [3.63, 3.8) is 0 Å². The van der Waals surface area contributed by atoms with E-state index >= 15 is 0 Å². The van der Waals surface area contributed by atoms with Crippen LogP contribution in [0.2, 0.25) is 0 Å². The summed E-state index contributed by atoms with van der Waals surface area (Å²) in [4.78, 5) is 23.9. The van der Waals surface area contributed by atoms with Crippen LogP contribution in [0.5, 0.6) is 0 Å². The van der Waals surface area contributed by atoms with E-state index in [2.05, 4.69) is 0 Å². The molecular formula is C13H17IO6. The van der Waals surface area contributed by atoms with Crippen LogP contribution >= 0.6 is 22.6 Å². The van der Waals surface area contributed by atoms with Crippen LogP contribution in [0.15, 0.2) is 12.2 Å². The third-order valence-corrected chi connectivity index (χ3v) is 4.86. The maximum absolute atomic E-state index is 12.0. The van der Waals surface area contributed by atoms with Gasteiger partial charge in [-0.25, -0.2) is 0 Å². The number of cyclic esters (lactones) is 1. The summed E-state index contributed by atoms with van der Waals surface area (Å²) in [6, 6.07) is 0. The lowest BCUT2D eigenvalue weighted by Gasteiger charge is -2.35. The first-order valence-corrected chi connectivity index (χ1v) is 7.88. The van der Waals surface area contributed by atoms with Crippen LogP contribution in [0.3, 0.4) is 0 Å². The number of hydrogen-bond donors (Lipinski definition) is 2. The van der Waals surface area contributed by atoms with Crippen molar-refractivity contribution >= 4 is 34.5 Å². The molecule has 0 radical (unpaired) electrons. The lowest BCUT2D eigenvalue weighted by Crippen LogP contribution is -2.47. The molecule has 1 unspecified atom stereocenters. The van der Waals surface area contributed by atoms with Gasteiger partial charge in [0.05, 0.1) is 37.8 Å². The Kier molecular flexibility index (Phi) is 5.03. The standard InChI is InChI=1S/C13H17IO6/c1-19-12(17)10-7(11(16)8(15)4-14)3-2-6-5-20-13(18)9(6)10/h2-3,6-11,15-16H,4-5H2,1H3/t6-,7?,8+,9-,10+,11+/m1/s1. The number of esters is 2. The molecule has 0 amide bonds. The van der Waals surface area contributed by atoms with Crippen LogP contribution < -0.4 is 0 Å². The fourth-order valence-corrected chi connectivity index (χ4v) is 3.41. The number of carbonyl (C=O) groups excluding carboxylic acids is 2. The topological polar surface area (TPSA) is 93.1 Å². The number of methoxy groups -OCH3 is 1. The highest BCUT2D eigenvalue weighted by molar-refractivity contribution is 14.1. The average Bonchev–Trinajstić information content (AvgIpc) is 2.85. The van der Waals surface area contributed by atoms with Gasteiger partial charge in [0.25, 0.3) is 0 Å². The van der Waals surface area contributed by atoms with Crippen molar-refractivity contribution in [1.29, 1.82) is 0 Å². The summed E-state index contributed by atoms with van der Waals surface area (Å²) in [5.74, 6) is -3.30. The van der Waals surface area contributed by atoms with Crippen molar-refractivity contribution in [2.75, 3.05) is 18.1 Å². The summed E-state index contributed by atoms with van der Waals surface area (Å²) in [6.45, 7) is 0.241. The van der Waals surface area contributed by atoms with Gasteiger partial charge in [-0.2, -0.15) is 0 Å². The second-order valence-electron chi connectivity index (χ2n) is 5.04. The van der Waals surface area contributed by atoms with Crippen LogP contribution in [0.25, 0.3) is 0 Å². The summed E-state index contributed by atoms with van der Waals surface area (Å²) in [5.41, 5.74) is 0. The Morgan fingerprint density at radius 3 is 2.85 bits per heavy atom. The normalized spacial score (nSPS) is 35.1. The van der Waals surface area contributed by atoms with Gasteiger partial charge in [-0.3, -0.25) is 9.59 Å². The number of aliphatic hydroxyl groups excluding tert-OH is 2. The number of halogens is 1. The first-order chi connectivity index (χ1) is 9.51. The predicted octanol–water partition coefficient (Wildman–Crippen LogP) is -0.0924. The molecule has 6 atom stereocenters. The molecule has 2 rings (SSSR count). The van der Waals surface area contributed by atoms with Gasteiger partial charge in [-0.1, -0.05) is 34.7 Å². The van der Waals surface area contributed by atoms with E-state index in [1.54, 1.807) is 12.2 Å². The fourth-order valence-electron chi connectivity index (χ4n) is 2.89. The molecule has 1 aliphatic carbocycles. The minimum absolute atomic E-state index is 0.174. The number of ether oxygens (including phenoxy) is 2. The number of aliphatic hydroxyl groups is 2. The maximum atomic E-state index is 12.0. The second kappa shape index (κ2) is 6.40. The molecule has 2 aliphatic rings. The molecule has 2 N–H and O–H groups in total. The molecule has 1 heterocycles. The van der Waals surface area contributed by atoms with Crippen molar-refractivity contribution in [1.82, 2.24) is 0 Å². The fraction of sp³-hybridized carbons (Fsp3) is 0.692. The smallest absolute Gasteiger partial charge is 0.310 e. The minimum Gasteiger partial charge on any atom is -0.469 e. The Labute approximate surface area is 130 Å². The first kappa shape index (κ1) is 15.7. The molecule has 0 spiro atoms. The Morgan fingerprint density at radius 1 is 1.55 bits per heavy atom. The molecule has 7 heteroatoms. The van der Waals surface area contributed by atoms with Crippen LogP contribution in [0.4, 0.5) is 0 Å². The monoisotopic (exact) mass is 396 g/mol. The molecule has 1 fully saturated rings. The van der Waals surface area contributed by atoms with Crippen molar-refractivity contribution in [3.05, 3.63) is 12.2 Å². The van der Waals surface area contributed by atoms with Crippen molar-refractivity contribution in [2.24, 2.45) is 23.7 Å². The van der Waals surface area contributed by atoms with Crippen molar-refractivity contribution in [2.45, 2.75) is 12.2 Å². The number of fused-ring (bicyclic) bond motifs is 1. The van der Waals surface area contributed by atoms with E-state index in [1.165, 1.54) is 7.11 Å². The van der Waals surface area contributed by atoms with Gasteiger partial charge in [0.2, 0.25) is 0 Å². The van der Waals surface area contributed by atoms with Crippen LogP contribution in [-0.4, -0.2) is 52.5 Å². The molecule has 0 aromatic heterocycles. The van der Waals surface area contributed by atoms with Gasteiger partial charge in [0.15, 0.2) is 0 Å². The molecular weight excluding hydrogens is 379 g/mol. The van der Waals surface area contributed by atoms with E-state index in [0.29, 0.717) is 4.43 Å².